The zero-order valence-corrected chi connectivity index (χ0v) is 22.3. The van der Waals surface area contributed by atoms with Crippen LogP contribution in [0.5, 0.6) is 17.2 Å². The number of benzene rings is 3. The van der Waals surface area contributed by atoms with Crippen molar-refractivity contribution in [3.63, 3.8) is 0 Å². The molecule has 2 N–H and O–H groups in total. The van der Waals surface area contributed by atoms with Gasteiger partial charge in [-0.05, 0) is 81.1 Å². The van der Waals surface area contributed by atoms with Crippen LogP contribution in [0, 0.1) is 5.82 Å². The highest BCUT2D eigenvalue weighted by molar-refractivity contribution is 6.42. The number of amides is 1. The van der Waals surface area contributed by atoms with Crippen LogP contribution >= 0.6 is 11.6 Å². The minimum atomic E-state index is -1.60. The molecule has 9 heteroatoms. The number of nitrogens with one attached hydrogen (secondary N) is 1. The summed E-state index contributed by atoms with van der Waals surface area (Å²) >= 11 is 6.51. The van der Waals surface area contributed by atoms with E-state index in [0.717, 1.165) is 25.7 Å². The molecule has 2 atom stereocenters. The molecule has 1 aliphatic carbocycles. The van der Waals surface area contributed by atoms with Crippen molar-refractivity contribution in [2.24, 2.45) is 0 Å². The zero-order chi connectivity index (χ0) is 27.6. The predicted molar refractivity (Wildman–Crippen MR) is 145 cm³/mol. The van der Waals surface area contributed by atoms with Gasteiger partial charge in [0.15, 0.2) is 5.72 Å². The van der Waals surface area contributed by atoms with Crippen LogP contribution in [0.3, 0.4) is 0 Å². The highest BCUT2D eigenvalue weighted by atomic mass is 35.5. The second-order valence-electron chi connectivity index (χ2n) is 9.99. The molecule has 3 aromatic carbocycles. The number of carbonyl (C=O) groups is 2. The van der Waals surface area contributed by atoms with Gasteiger partial charge < -0.3 is 19.9 Å². The van der Waals surface area contributed by atoms with E-state index in [9.17, 15) is 19.1 Å². The molecular weight excluding hydrogens is 523 g/mol. The Balaban J connectivity index is 1.33. The molecule has 2 fully saturated rings. The molecule has 1 aliphatic heterocycles. The van der Waals surface area contributed by atoms with Crippen LogP contribution in [-0.4, -0.2) is 46.9 Å². The lowest BCUT2D eigenvalue weighted by Crippen LogP contribution is -2.59. The molecule has 39 heavy (non-hydrogen) atoms. The van der Waals surface area contributed by atoms with Crippen LogP contribution in [0.15, 0.2) is 66.7 Å². The molecule has 1 heterocycles. The van der Waals surface area contributed by atoms with E-state index >= 15 is 0 Å². The monoisotopic (exact) mass is 552 g/mol. The largest absolute Gasteiger partial charge is 0.489 e. The fraction of sp³-hybridized carbons (Fsp3) is 0.333. The molecule has 1 amide bonds. The summed E-state index contributed by atoms with van der Waals surface area (Å²) in [6.45, 7) is 2.93. The number of ether oxygens (including phenoxy) is 2. The van der Waals surface area contributed by atoms with Crippen LogP contribution in [-0.2, 0) is 10.5 Å². The molecule has 5 rings (SSSR count). The summed E-state index contributed by atoms with van der Waals surface area (Å²) in [6.07, 6.45) is 3.97. The molecule has 0 bridgehead atoms. The van der Waals surface area contributed by atoms with Crippen LogP contribution < -0.4 is 14.8 Å². The maximum Gasteiger partial charge on any atom is 0.292 e. The maximum absolute atomic E-state index is 13.2. The average Bonchev–Trinajstić information content (AvgIpc) is 3.57. The predicted octanol–water partition coefficient (Wildman–Crippen LogP) is 5.44. The van der Waals surface area contributed by atoms with Crippen molar-refractivity contribution in [3.8, 4) is 17.2 Å². The number of aliphatic hydroxyl groups is 1. The summed E-state index contributed by atoms with van der Waals surface area (Å²) in [7, 11) is 0. The average molecular weight is 553 g/mol. The van der Waals surface area contributed by atoms with E-state index in [1.165, 1.54) is 36.4 Å². The second kappa shape index (κ2) is 11.3. The number of ketones is 1. The van der Waals surface area contributed by atoms with E-state index in [1.807, 2.05) is 4.90 Å². The molecule has 3 aromatic rings. The lowest BCUT2D eigenvalue weighted by Gasteiger charge is -2.42. The first-order chi connectivity index (χ1) is 18.7. The second-order valence-corrected chi connectivity index (χ2v) is 10.4. The Labute approximate surface area is 231 Å². The number of likely N-dealkylation sites (tertiary alicyclic amines) is 1. The van der Waals surface area contributed by atoms with Gasteiger partial charge in [-0.2, -0.15) is 0 Å². The minimum Gasteiger partial charge on any atom is -0.489 e. The molecule has 0 spiro atoms. The summed E-state index contributed by atoms with van der Waals surface area (Å²) in [5.74, 6) is -0.760. The molecule has 0 radical (unpaired) electrons. The molecular formula is C30H30ClFN2O5. The Morgan fingerprint density at radius 2 is 1.77 bits per heavy atom. The summed E-state index contributed by atoms with van der Waals surface area (Å²) in [4.78, 5) is 28.1. The van der Waals surface area contributed by atoms with Crippen molar-refractivity contribution in [1.29, 1.82) is 0 Å². The lowest BCUT2D eigenvalue weighted by atomic mass is 9.93. The fourth-order valence-electron chi connectivity index (χ4n) is 4.79. The SMILES string of the molecule is C[C@@H](NC(=O)C(=O)c1cccc(Oc2ccc(F)cc2)c1)[C@](O)(c1ccc(OC2CC2)c(Cl)c1)N1CCCC1. The van der Waals surface area contributed by atoms with Gasteiger partial charge in [-0.25, -0.2) is 4.39 Å². The lowest BCUT2D eigenvalue weighted by molar-refractivity contribution is -0.139. The number of halogens is 2. The highest BCUT2D eigenvalue weighted by Gasteiger charge is 2.44. The van der Waals surface area contributed by atoms with Crippen molar-refractivity contribution in [3.05, 3.63) is 88.7 Å². The van der Waals surface area contributed by atoms with Gasteiger partial charge in [0.05, 0.1) is 17.2 Å². The van der Waals surface area contributed by atoms with E-state index in [-0.39, 0.29) is 11.7 Å². The third kappa shape index (κ3) is 6.08. The highest BCUT2D eigenvalue weighted by Crippen LogP contribution is 2.38. The number of Topliss-reactive ketones (excluding diaryl/α,β-unsaturated/α-hetero) is 1. The van der Waals surface area contributed by atoms with Gasteiger partial charge in [-0.3, -0.25) is 14.5 Å². The Kier molecular flexibility index (Phi) is 7.88. The van der Waals surface area contributed by atoms with Crippen molar-refractivity contribution in [1.82, 2.24) is 10.2 Å². The van der Waals surface area contributed by atoms with Crippen LogP contribution in [0.4, 0.5) is 4.39 Å². The van der Waals surface area contributed by atoms with Gasteiger partial charge in [0.25, 0.3) is 5.91 Å². The van der Waals surface area contributed by atoms with Gasteiger partial charge >= 0.3 is 0 Å². The minimum absolute atomic E-state index is 0.119. The smallest absolute Gasteiger partial charge is 0.292 e. The molecule has 0 unspecified atom stereocenters. The van der Waals surface area contributed by atoms with Crippen LogP contribution in [0.25, 0.3) is 0 Å². The first-order valence-corrected chi connectivity index (χ1v) is 13.4. The first kappa shape index (κ1) is 27.1. The normalized spacial score (nSPS) is 17.7. The number of rotatable bonds is 10. The molecule has 1 saturated carbocycles. The molecule has 2 aliphatic rings. The zero-order valence-electron chi connectivity index (χ0n) is 21.5. The molecule has 7 nitrogen and oxygen atoms in total. The number of hydrogen-bond donors (Lipinski definition) is 2. The Morgan fingerprint density at radius 3 is 2.44 bits per heavy atom. The van der Waals surface area contributed by atoms with E-state index < -0.39 is 29.3 Å². The van der Waals surface area contributed by atoms with Crippen LogP contribution in [0.2, 0.25) is 5.02 Å². The summed E-state index contributed by atoms with van der Waals surface area (Å²) in [6, 6.07) is 16.0. The first-order valence-electron chi connectivity index (χ1n) is 13.1. The van der Waals surface area contributed by atoms with Gasteiger partial charge in [-0.1, -0.05) is 29.8 Å². The van der Waals surface area contributed by atoms with E-state index in [4.69, 9.17) is 21.1 Å². The Hall–Kier alpha value is -3.46. The molecule has 1 saturated heterocycles. The summed E-state index contributed by atoms with van der Waals surface area (Å²) in [5, 5.41) is 15.1. The Bertz CT molecular complexity index is 1360. The maximum atomic E-state index is 13.2. The molecule has 204 valence electrons. The standard InChI is InChI=1S/C30H30ClFN2O5/c1-19(30(37,34-15-2-3-16-34)21-7-14-27(26(31)18-21)39-24-12-13-24)33-29(36)28(35)20-5-4-6-25(17-20)38-23-10-8-22(32)9-11-23/h4-11,14,17-19,24,37H,2-3,12-13,15-16H2,1H3,(H,33,36)/t19-,30+/m1/s1. The van der Waals surface area contributed by atoms with E-state index in [1.54, 1.807) is 37.3 Å². The van der Waals surface area contributed by atoms with Crippen molar-refractivity contribution in [2.45, 2.75) is 50.5 Å². The van der Waals surface area contributed by atoms with Gasteiger partial charge in [0, 0.05) is 24.2 Å². The van der Waals surface area contributed by atoms with Gasteiger partial charge in [0.1, 0.15) is 23.1 Å². The number of nitrogens with zero attached hydrogens (tertiary/aromatic N) is 1. The van der Waals surface area contributed by atoms with Crippen molar-refractivity contribution >= 4 is 23.3 Å². The van der Waals surface area contributed by atoms with Crippen molar-refractivity contribution in [2.75, 3.05) is 13.1 Å². The third-order valence-corrected chi connectivity index (χ3v) is 7.36. The van der Waals surface area contributed by atoms with E-state index in [2.05, 4.69) is 5.32 Å². The Morgan fingerprint density at radius 1 is 1.05 bits per heavy atom. The summed E-state index contributed by atoms with van der Waals surface area (Å²) in [5.41, 5.74) is -0.969. The fourth-order valence-corrected chi connectivity index (χ4v) is 5.01. The quantitative estimate of drug-likeness (QED) is 0.257. The number of carbonyl (C=O) groups excluding carboxylic acids is 2. The topological polar surface area (TPSA) is 88.1 Å². The van der Waals surface area contributed by atoms with Crippen molar-refractivity contribution < 1.29 is 28.6 Å². The third-order valence-electron chi connectivity index (χ3n) is 7.07. The van der Waals surface area contributed by atoms with Gasteiger partial charge in [-0.15, -0.1) is 0 Å². The van der Waals surface area contributed by atoms with Crippen LogP contribution in [0.1, 0.15) is 48.5 Å². The molecule has 0 aromatic heterocycles. The summed E-state index contributed by atoms with van der Waals surface area (Å²) < 4.78 is 24.7. The number of hydrogen-bond acceptors (Lipinski definition) is 6. The van der Waals surface area contributed by atoms with Gasteiger partial charge in [0.2, 0.25) is 5.78 Å². The van der Waals surface area contributed by atoms with E-state index in [0.29, 0.717) is 40.9 Å².